The van der Waals surface area contributed by atoms with E-state index in [2.05, 4.69) is 9.97 Å². The number of carboxylic acid groups (broad SMARTS) is 1. The van der Waals surface area contributed by atoms with Crippen molar-refractivity contribution in [2.24, 2.45) is 0 Å². The van der Waals surface area contributed by atoms with Gasteiger partial charge in [0, 0.05) is 17.8 Å². The highest BCUT2D eigenvalue weighted by Gasteiger charge is 2.11. The van der Waals surface area contributed by atoms with Crippen molar-refractivity contribution in [2.75, 3.05) is 0 Å². The fourth-order valence-corrected chi connectivity index (χ4v) is 1.70. The maximum atomic E-state index is 10.6. The first-order chi connectivity index (χ1) is 5.79. The predicted molar refractivity (Wildman–Crippen MR) is 44.4 cm³/mol. The van der Waals surface area contributed by atoms with Crippen LogP contribution in [0, 0.1) is 0 Å². The monoisotopic (exact) mass is 180 g/mol. The molecule has 0 fully saturated rings. The molecule has 2 aromatic heterocycles. The van der Waals surface area contributed by atoms with Gasteiger partial charge in [-0.2, -0.15) is 0 Å². The van der Waals surface area contributed by atoms with Crippen molar-refractivity contribution in [3.05, 3.63) is 22.7 Å². The highest BCUT2D eigenvalue weighted by molar-refractivity contribution is 7.13. The fraction of sp³-hybridized carbons (Fsp3) is 0. The van der Waals surface area contributed by atoms with Crippen molar-refractivity contribution >= 4 is 28.3 Å². The largest absolute Gasteiger partial charge is 0.477 e. The lowest BCUT2D eigenvalue weighted by Crippen LogP contribution is -1.93. The summed E-state index contributed by atoms with van der Waals surface area (Å²) in [4.78, 5) is 18.8. The molecule has 0 aromatic carbocycles. The number of hydrogen-bond donors (Lipinski definition) is 1. The molecule has 0 atom stereocenters. The molecule has 60 valence electrons. The molecule has 0 aliphatic rings. The molecule has 1 N–H and O–H groups in total. The molecule has 0 saturated heterocycles. The van der Waals surface area contributed by atoms with E-state index in [-0.39, 0.29) is 4.88 Å². The van der Waals surface area contributed by atoms with Crippen molar-refractivity contribution in [1.29, 1.82) is 0 Å². The van der Waals surface area contributed by atoms with E-state index in [0.717, 1.165) is 11.3 Å². The van der Waals surface area contributed by atoms with Crippen LogP contribution in [0.3, 0.4) is 0 Å². The maximum absolute atomic E-state index is 10.6. The Labute approximate surface area is 71.5 Å². The molecule has 4 nitrogen and oxygen atoms in total. The van der Waals surface area contributed by atoms with Crippen LogP contribution in [-0.2, 0) is 0 Å². The number of nitrogens with zero attached hydrogens (tertiary/aromatic N) is 2. The van der Waals surface area contributed by atoms with Crippen molar-refractivity contribution < 1.29 is 9.90 Å². The third-order valence-electron chi connectivity index (χ3n) is 1.42. The first-order valence-electron chi connectivity index (χ1n) is 3.20. The number of aromatic nitrogens is 2. The number of rotatable bonds is 1. The van der Waals surface area contributed by atoms with E-state index in [4.69, 9.17) is 5.11 Å². The summed E-state index contributed by atoms with van der Waals surface area (Å²) >= 11 is 1.15. The molecule has 0 amide bonds. The Morgan fingerprint density at radius 3 is 2.92 bits per heavy atom. The highest BCUT2D eigenvalue weighted by atomic mass is 32.1. The van der Waals surface area contributed by atoms with Crippen LogP contribution in [0.2, 0.25) is 0 Å². The van der Waals surface area contributed by atoms with E-state index in [9.17, 15) is 4.79 Å². The normalized spacial score (nSPS) is 10.3. The van der Waals surface area contributed by atoms with E-state index in [1.165, 1.54) is 6.20 Å². The standard InChI is InChI=1S/C7H4N2O2S/c10-7(11)6-5-4(3-12-6)8-1-2-9-5/h1-3H,(H,10,11). The average molecular weight is 180 g/mol. The minimum absolute atomic E-state index is 0.248. The van der Waals surface area contributed by atoms with Gasteiger partial charge in [0.25, 0.3) is 0 Å². The molecule has 2 aromatic rings. The van der Waals surface area contributed by atoms with Crippen LogP contribution < -0.4 is 0 Å². The Morgan fingerprint density at radius 2 is 2.17 bits per heavy atom. The second-order valence-electron chi connectivity index (χ2n) is 2.16. The summed E-state index contributed by atoms with van der Waals surface area (Å²) in [6.07, 6.45) is 3.03. The zero-order valence-electron chi connectivity index (χ0n) is 5.89. The molecule has 0 radical (unpaired) electrons. The molecule has 0 saturated carbocycles. The van der Waals surface area contributed by atoms with E-state index >= 15 is 0 Å². The Hall–Kier alpha value is -1.49. The number of aromatic carboxylic acids is 1. The van der Waals surface area contributed by atoms with E-state index in [0.29, 0.717) is 11.0 Å². The minimum atomic E-state index is -0.949. The van der Waals surface area contributed by atoms with Gasteiger partial charge >= 0.3 is 5.97 Å². The van der Waals surface area contributed by atoms with Crippen LogP contribution in [-0.4, -0.2) is 21.0 Å². The molecule has 0 spiro atoms. The Morgan fingerprint density at radius 1 is 1.42 bits per heavy atom. The predicted octanol–water partition coefficient (Wildman–Crippen LogP) is 1.39. The summed E-state index contributed by atoms with van der Waals surface area (Å²) in [5, 5.41) is 10.4. The Kier molecular flexibility index (Phi) is 1.51. The van der Waals surface area contributed by atoms with Crippen molar-refractivity contribution in [3.8, 4) is 0 Å². The molecule has 2 heterocycles. The lowest BCUT2D eigenvalue weighted by molar-refractivity contribution is 0.0704. The summed E-state index contributed by atoms with van der Waals surface area (Å²) in [6.45, 7) is 0. The van der Waals surface area contributed by atoms with Crippen LogP contribution in [0.1, 0.15) is 9.67 Å². The maximum Gasteiger partial charge on any atom is 0.348 e. The van der Waals surface area contributed by atoms with E-state index < -0.39 is 5.97 Å². The Bertz CT molecular complexity index is 438. The number of hydrogen-bond acceptors (Lipinski definition) is 4. The molecule has 0 bridgehead atoms. The number of carboxylic acids is 1. The fourth-order valence-electron chi connectivity index (χ4n) is 0.932. The molecular weight excluding hydrogens is 176 g/mol. The van der Waals surface area contributed by atoms with Gasteiger partial charge in [0.1, 0.15) is 15.9 Å². The molecular formula is C7H4N2O2S. The lowest BCUT2D eigenvalue weighted by atomic mass is 10.4. The van der Waals surface area contributed by atoms with Gasteiger partial charge in [-0.25, -0.2) is 4.79 Å². The molecule has 12 heavy (non-hydrogen) atoms. The third-order valence-corrected chi connectivity index (χ3v) is 2.37. The first-order valence-corrected chi connectivity index (χ1v) is 4.08. The van der Waals surface area contributed by atoms with Crippen molar-refractivity contribution in [3.63, 3.8) is 0 Å². The molecule has 0 aliphatic heterocycles. The van der Waals surface area contributed by atoms with Gasteiger partial charge in [0.15, 0.2) is 0 Å². The summed E-state index contributed by atoms with van der Waals surface area (Å²) < 4.78 is 0. The van der Waals surface area contributed by atoms with Gasteiger partial charge in [-0.05, 0) is 0 Å². The van der Waals surface area contributed by atoms with Crippen LogP contribution in [0.15, 0.2) is 17.8 Å². The minimum Gasteiger partial charge on any atom is -0.477 e. The summed E-state index contributed by atoms with van der Waals surface area (Å²) in [7, 11) is 0. The van der Waals surface area contributed by atoms with E-state index in [1.807, 2.05) is 0 Å². The summed E-state index contributed by atoms with van der Waals surface area (Å²) in [6, 6.07) is 0. The third kappa shape index (κ3) is 0.947. The Balaban J connectivity index is 2.79. The molecule has 0 unspecified atom stereocenters. The van der Waals surface area contributed by atoms with Crippen molar-refractivity contribution in [1.82, 2.24) is 9.97 Å². The average Bonchev–Trinajstić information content (AvgIpc) is 2.47. The van der Waals surface area contributed by atoms with Crippen molar-refractivity contribution in [2.45, 2.75) is 0 Å². The van der Waals surface area contributed by atoms with Crippen LogP contribution in [0.25, 0.3) is 11.0 Å². The quantitative estimate of drug-likeness (QED) is 0.720. The molecule has 0 aliphatic carbocycles. The van der Waals surface area contributed by atoms with Gasteiger partial charge < -0.3 is 5.11 Å². The summed E-state index contributed by atoms with van der Waals surface area (Å²) in [5.41, 5.74) is 1.11. The first kappa shape index (κ1) is 7.17. The number of carbonyl (C=O) groups is 1. The summed E-state index contributed by atoms with van der Waals surface area (Å²) in [5.74, 6) is -0.949. The zero-order valence-corrected chi connectivity index (χ0v) is 6.71. The topological polar surface area (TPSA) is 63.1 Å². The number of fused-ring (bicyclic) bond motifs is 1. The van der Waals surface area contributed by atoms with Gasteiger partial charge in [0.2, 0.25) is 0 Å². The molecule has 2 rings (SSSR count). The van der Waals surface area contributed by atoms with Crippen LogP contribution >= 0.6 is 11.3 Å². The van der Waals surface area contributed by atoms with Gasteiger partial charge in [-0.1, -0.05) is 0 Å². The van der Waals surface area contributed by atoms with Gasteiger partial charge in [-0.15, -0.1) is 11.3 Å². The van der Waals surface area contributed by atoms with Gasteiger partial charge in [-0.3, -0.25) is 9.97 Å². The SMILES string of the molecule is O=C(O)c1scc2nccnc12. The number of thiophene rings is 1. The highest BCUT2D eigenvalue weighted by Crippen LogP contribution is 2.21. The second-order valence-corrected chi connectivity index (χ2v) is 3.04. The van der Waals surface area contributed by atoms with Crippen LogP contribution in [0.5, 0.6) is 0 Å². The smallest absolute Gasteiger partial charge is 0.348 e. The molecule has 5 heteroatoms. The van der Waals surface area contributed by atoms with Crippen LogP contribution in [0.4, 0.5) is 0 Å². The zero-order chi connectivity index (χ0) is 8.55. The van der Waals surface area contributed by atoms with E-state index in [1.54, 1.807) is 11.6 Å². The van der Waals surface area contributed by atoms with Gasteiger partial charge in [0.05, 0.1) is 0 Å². The lowest BCUT2D eigenvalue weighted by Gasteiger charge is -1.88. The second kappa shape index (κ2) is 2.53.